The molecule has 0 unspecified atom stereocenters. The molecule has 0 saturated carbocycles. The molecular weight excluding hydrogens is 210 g/mol. The predicted molar refractivity (Wildman–Crippen MR) is 73.4 cm³/mol. The molecule has 0 bridgehead atoms. The minimum Gasteiger partial charge on any atom is -0.314 e. The Kier molecular flexibility index (Phi) is 5.26. The largest absolute Gasteiger partial charge is 0.314 e. The van der Waals surface area contributed by atoms with Gasteiger partial charge in [0, 0.05) is 12.1 Å². The van der Waals surface area contributed by atoms with Gasteiger partial charge in [-0.2, -0.15) is 0 Å². The van der Waals surface area contributed by atoms with E-state index in [0.29, 0.717) is 0 Å². The first-order chi connectivity index (χ1) is 8.29. The Balaban J connectivity index is 1.68. The van der Waals surface area contributed by atoms with E-state index in [1.807, 2.05) is 0 Å². The number of nitrogens with one attached hydrogen (secondary N) is 1. The molecule has 0 aromatic carbocycles. The van der Waals surface area contributed by atoms with Crippen molar-refractivity contribution in [3.63, 3.8) is 0 Å². The van der Waals surface area contributed by atoms with Crippen LogP contribution in [0, 0.1) is 0 Å². The van der Waals surface area contributed by atoms with E-state index in [2.05, 4.69) is 29.1 Å². The van der Waals surface area contributed by atoms with Crippen molar-refractivity contribution in [1.29, 1.82) is 0 Å². The summed E-state index contributed by atoms with van der Waals surface area (Å²) < 4.78 is 0. The molecule has 3 nitrogen and oxygen atoms in total. The van der Waals surface area contributed by atoms with Crippen molar-refractivity contribution in [2.75, 3.05) is 39.8 Å². The van der Waals surface area contributed by atoms with E-state index >= 15 is 0 Å². The molecule has 2 fully saturated rings. The zero-order valence-corrected chi connectivity index (χ0v) is 11.6. The second kappa shape index (κ2) is 6.72. The fourth-order valence-electron chi connectivity index (χ4n) is 3.18. The summed E-state index contributed by atoms with van der Waals surface area (Å²) in [6.07, 6.45) is 6.72. The van der Waals surface area contributed by atoms with Crippen LogP contribution in [0.25, 0.3) is 0 Å². The first-order valence-corrected chi connectivity index (χ1v) is 7.45. The van der Waals surface area contributed by atoms with Crippen molar-refractivity contribution in [3.8, 4) is 0 Å². The summed E-state index contributed by atoms with van der Waals surface area (Å²) in [6.45, 7) is 8.66. The van der Waals surface area contributed by atoms with E-state index in [1.165, 1.54) is 64.8 Å². The molecule has 0 amide bonds. The van der Waals surface area contributed by atoms with Gasteiger partial charge in [-0.05, 0) is 71.9 Å². The minimum absolute atomic E-state index is 0.789. The van der Waals surface area contributed by atoms with Crippen LogP contribution in [-0.4, -0.2) is 61.7 Å². The number of hydrogen-bond donors (Lipinski definition) is 1. The molecule has 0 aliphatic carbocycles. The lowest BCUT2D eigenvalue weighted by Gasteiger charge is -2.41. The molecule has 2 aliphatic rings. The molecule has 0 spiro atoms. The second-order valence-corrected chi connectivity index (χ2v) is 5.80. The van der Waals surface area contributed by atoms with Crippen molar-refractivity contribution in [2.24, 2.45) is 0 Å². The van der Waals surface area contributed by atoms with Gasteiger partial charge in [0.15, 0.2) is 0 Å². The fourth-order valence-corrected chi connectivity index (χ4v) is 3.18. The van der Waals surface area contributed by atoms with Crippen LogP contribution >= 0.6 is 0 Å². The van der Waals surface area contributed by atoms with E-state index in [1.54, 1.807) is 0 Å². The standard InChI is InChI=1S/C14H29N3/c1-3-8-15-13-4-11-17(12-5-13)14-6-9-16(2)10-7-14/h13-15H,3-12H2,1-2H3. The zero-order valence-electron chi connectivity index (χ0n) is 11.6. The van der Waals surface area contributed by atoms with Crippen molar-refractivity contribution in [3.05, 3.63) is 0 Å². The molecule has 2 saturated heterocycles. The third-order valence-electron chi connectivity index (χ3n) is 4.42. The summed E-state index contributed by atoms with van der Waals surface area (Å²) in [5.41, 5.74) is 0. The smallest absolute Gasteiger partial charge is 0.0120 e. The molecular formula is C14H29N3. The molecule has 3 heteroatoms. The molecule has 0 aromatic heterocycles. The monoisotopic (exact) mass is 239 g/mol. The summed E-state index contributed by atoms with van der Waals surface area (Å²) in [5.74, 6) is 0. The molecule has 100 valence electrons. The van der Waals surface area contributed by atoms with Crippen LogP contribution in [0.15, 0.2) is 0 Å². The van der Waals surface area contributed by atoms with Crippen molar-refractivity contribution in [2.45, 2.75) is 51.1 Å². The van der Waals surface area contributed by atoms with Gasteiger partial charge >= 0.3 is 0 Å². The highest BCUT2D eigenvalue weighted by Gasteiger charge is 2.26. The van der Waals surface area contributed by atoms with Crippen LogP contribution in [0.1, 0.15) is 39.0 Å². The Morgan fingerprint density at radius 1 is 1.00 bits per heavy atom. The lowest BCUT2D eigenvalue weighted by molar-refractivity contribution is 0.0924. The Bertz CT molecular complexity index is 204. The summed E-state index contributed by atoms with van der Waals surface area (Å²) in [5, 5.41) is 3.67. The maximum Gasteiger partial charge on any atom is 0.0120 e. The lowest BCUT2D eigenvalue weighted by atomic mass is 9.98. The Morgan fingerprint density at radius 3 is 2.24 bits per heavy atom. The van der Waals surface area contributed by atoms with E-state index in [0.717, 1.165) is 12.1 Å². The van der Waals surface area contributed by atoms with Gasteiger partial charge in [-0.1, -0.05) is 6.92 Å². The van der Waals surface area contributed by atoms with Gasteiger partial charge in [-0.15, -0.1) is 0 Å². The normalized spacial score (nSPS) is 26.5. The van der Waals surface area contributed by atoms with Crippen molar-refractivity contribution in [1.82, 2.24) is 15.1 Å². The van der Waals surface area contributed by atoms with Crippen molar-refractivity contribution >= 4 is 0 Å². The van der Waals surface area contributed by atoms with E-state index in [4.69, 9.17) is 0 Å². The first-order valence-electron chi connectivity index (χ1n) is 7.45. The van der Waals surface area contributed by atoms with Gasteiger partial charge in [-0.3, -0.25) is 0 Å². The third kappa shape index (κ3) is 3.94. The molecule has 2 rings (SSSR count). The molecule has 0 radical (unpaired) electrons. The number of nitrogens with zero attached hydrogens (tertiary/aromatic N) is 2. The van der Waals surface area contributed by atoms with Gasteiger partial charge in [0.05, 0.1) is 0 Å². The Hall–Kier alpha value is -0.120. The summed E-state index contributed by atoms with van der Waals surface area (Å²) >= 11 is 0. The number of rotatable bonds is 4. The molecule has 0 atom stereocenters. The van der Waals surface area contributed by atoms with Crippen LogP contribution in [0.4, 0.5) is 0 Å². The molecule has 1 N–H and O–H groups in total. The number of likely N-dealkylation sites (tertiary alicyclic amines) is 2. The molecule has 17 heavy (non-hydrogen) atoms. The number of piperidine rings is 2. The average molecular weight is 239 g/mol. The highest BCUT2D eigenvalue weighted by atomic mass is 15.2. The fraction of sp³-hybridized carbons (Fsp3) is 1.00. The first kappa shape index (κ1) is 13.3. The predicted octanol–water partition coefficient (Wildman–Crippen LogP) is 1.54. The summed E-state index contributed by atoms with van der Waals surface area (Å²) in [6, 6.07) is 1.66. The maximum absolute atomic E-state index is 3.67. The van der Waals surface area contributed by atoms with Crippen LogP contribution < -0.4 is 5.32 Å². The topological polar surface area (TPSA) is 18.5 Å². The minimum atomic E-state index is 0.789. The maximum atomic E-state index is 3.67. The van der Waals surface area contributed by atoms with Crippen LogP contribution in [0.5, 0.6) is 0 Å². The van der Waals surface area contributed by atoms with Gasteiger partial charge < -0.3 is 15.1 Å². The summed E-state index contributed by atoms with van der Waals surface area (Å²) in [4.78, 5) is 5.21. The average Bonchev–Trinajstić information content (AvgIpc) is 2.38. The Labute approximate surface area is 107 Å². The SMILES string of the molecule is CCCNC1CCN(C2CCN(C)CC2)CC1. The molecule has 2 heterocycles. The highest BCUT2D eigenvalue weighted by Crippen LogP contribution is 2.20. The van der Waals surface area contributed by atoms with Gasteiger partial charge in [0.2, 0.25) is 0 Å². The Morgan fingerprint density at radius 2 is 1.65 bits per heavy atom. The highest BCUT2D eigenvalue weighted by molar-refractivity contribution is 4.84. The van der Waals surface area contributed by atoms with Crippen LogP contribution in [-0.2, 0) is 0 Å². The van der Waals surface area contributed by atoms with E-state index < -0.39 is 0 Å². The lowest BCUT2D eigenvalue weighted by Crippen LogP contribution is -2.49. The third-order valence-corrected chi connectivity index (χ3v) is 4.42. The number of hydrogen-bond acceptors (Lipinski definition) is 3. The van der Waals surface area contributed by atoms with E-state index in [9.17, 15) is 0 Å². The quantitative estimate of drug-likeness (QED) is 0.803. The van der Waals surface area contributed by atoms with Gasteiger partial charge in [0.25, 0.3) is 0 Å². The van der Waals surface area contributed by atoms with Gasteiger partial charge in [-0.25, -0.2) is 0 Å². The molecule has 0 aromatic rings. The van der Waals surface area contributed by atoms with Crippen LogP contribution in [0.3, 0.4) is 0 Å². The van der Waals surface area contributed by atoms with Crippen LogP contribution in [0.2, 0.25) is 0 Å². The zero-order chi connectivity index (χ0) is 12.1. The van der Waals surface area contributed by atoms with Gasteiger partial charge in [0.1, 0.15) is 0 Å². The van der Waals surface area contributed by atoms with E-state index in [-0.39, 0.29) is 0 Å². The second-order valence-electron chi connectivity index (χ2n) is 5.80. The van der Waals surface area contributed by atoms with Crippen molar-refractivity contribution < 1.29 is 0 Å². The molecule has 2 aliphatic heterocycles. The summed E-state index contributed by atoms with van der Waals surface area (Å²) in [7, 11) is 2.25.